The molecule has 1 heterocycles. The summed E-state index contributed by atoms with van der Waals surface area (Å²) < 4.78 is 11.7. The van der Waals surface area contributed by atoms with Crippen LogP contribution < -0.4 is 0 Å². The summed E-state index contributed by atoms with van der Waals surface area (Å²) in [6, 6.07) is 22.6. The number of aliphatic hydroxyl groups excluding tert-OH is 1. The zero-order valence-corrected chi connectivity index (χ0v) is 20.1. The van der Waals surface area contributed by atoms with E-state index >= 15 is 0 Å². The van der Waals surface area contributed by atoms with Gasteiger partial charge in [-0.05, 0) is 60.7 Å². The molecule has 0 saturated carbocycles. The average Bonchev–Trinajstić information content (AvgIpc) is 2.81. The molecule has 1 N–H and O–H groups in total. The lowest BCUT2D eigenvalue weighted by Crippen LogP contribution is -2.45. The lowest BCUT2D eigenvalue weighted by atomic mass is 9.87. The fourth-order valence-electron chi connectivity index (χ4n) is 4.30. The molecule has 0 spiro atoms. The lowest BCUT2D eigenvalue weighted by Gasteiger charge is -2.37. The van der Waals surface area contributed by atoms with Crippen LogP contribution in [-0.2, 0) is 27.5 Å². The van der Waals surface area contributed by atoms with Crippen molar-refractivity contribution in [3.63, 3.8) is 0 Å². The molecule has 0 aromatic heterocycles. The maximum atomic E-state index is 12.2. The van der Waals surface area contributed by atoms with Crippen molar-refractivity contribution in [1.82, 2.24) is 5.06 Å². The van der Waals surface area contributed by atoms with Crippen molar-refractivity contribution < 1.29 is 24.2 Å². The smallest absolute Gasteiger partial charge is 0.427 e. The molecule has 0 aliphatic carbocycles. The molecule has 3 aromatic carbocycles. The zero-order valence-electron chi connectivity index (χ0n) is 20.1. The number of rotatable bonds is 6. The molecule has 4 rings (SSSR count). The van der Waals surface area contributed by atoms with Crippen LogP contribution in [0.15, 0.2) is 66.7 Å². The first-order valence-corrected chi connectivity index (χ1v) is 11.8. The van der Waals surface area contributed by atoms with E-state index in [4.69, 9.17) is 14.3 Å². The second-order valence-corrected chi connectivity index (χ2v) is 9.77. The third kappa shape index (κ3) is 6.35. The van der Waals surface area contributed by atoms with Gasteiger partial charge >= 0.3 is 6.16 Å². The normalized spacial score (nSPS) is 19.2. The predicted molar refractivity (Wildman–Crippen MR) is 131 cm³/mol. The Labute approximate surface area is 201 Å². The van der Waals surface area contributed by atoms with Gasteiger partial charge in [0.05, 0.1) is 25.9 Å². The number of ether oxygens (including phenoxy) is 2. The first-order valence-electron chi connectivity index (χ1n) is 11.8. The summed E-state index contributed by atoms with van der Waals surface area (Å²) in [5.41, 5.74) is 2.51. The second-order valence-electron chi connectivity index (χ2n) is 9.77. The van der Waals surface area contributed by atoms with E-state index in [1.54, 1.807) is 5.06 Å². The van der Waals surface area contributed by atoms with Gasteiger partial charge < -0.3 is 19.4 Å². The third-order valence-electron chi connectivity index (χ3n) is 5.98. The van der Waals surface area contributed by atoms with Crippen LogP contribution in [0.1, 0.15) is 49.8 Å². The Balaban J connectivity index is 1.48. The SMILES string of the molecule is CC(C)(C)OC(=O)ON1CCC(c2ccc(CO)cc2)C(OCc2ccc3ccccc3c2)C1. The van der Waals surface area contributed by atoms with Crippen molar-refractivity contribution in [2.75, 3.05) is 13.1 Å². The Morgan fingerprint density at radius 3 is 2.41 bits per heavy atom. The molecule has 2 unspecified atom stereocenters. The fraction of sp³-hybridized carbons (Fsp3) is 0.393. The van der Waals surface area contributed by atoms with Gasteiger partial charge in [-0.25, -0.2) is 4.79 Å². The van der Waals surface area contributed by atoms with Crippen LogP contribution in [0.2, 0.25) is 0 Å². The number of benzene rings is 3. The second kappa shape index (κ2) is 10.6. The molecule has 3 aromatic rings. The summed E-state index contributed by atoms with van der Waals surface area (Å²) in [5, 5.41) is 13.4. The van der Waals surface area contributed by atoms with Gasteiger partial charge in [-0.15, -0.1) is 5.06 Å². The minimum Gasteiger partial charge on any atom is -0.427 e. The number of aliphatic hydroxyl groups is 1. The largest absolute Gasteiger partial charge is 0.528 e. The van der Waals surface area contributed by atoms with Crippen LogP contribution in [-0.4, -0.2) is 41.1 Å². The molecule has 6 heteroatoms. The summed E-state index contributed by atoms with van der Waals surface area (Å²) in [7, 11) is 0. The van der Waals surface area contributed by atoms with E-state index < -0.39 is 11.8 Å². The van der Waals surface area contributed by atoms with Gasteiger partial charge in [0.15, 0.2) is 0 Å². The molecule has 34 heavy (non-hydrogen) atoms. The maximum Gasteiger partial charge on any atom is 0.528 e. The van der Waals surface area contributed by atoms with Crippen molar-refractivity contribution in [3.8, 4) is 0 Å². The van der Waals surface area contributed by atoms with Crippen molar-refractivity contribution in [1.29, 1.82) is 0 Å². The predicted octanol–water partition coefficient (Wildman–Crippen LogP) is 5.57. The number of carbonyl (C=O) groups is 1. The Kier molecular flexibility index (Phi) is 7.51. The van der Waals surface area contributed by atoms with E-state index in [-0.39, 0.29) is 18.6 Å². The Hall–Kier alpha value is -2.93. The van der Waals surface area contributed by atoms with Crippen LogP contribution in [0.3, 0.4) is 0 Å². The number of hydroxylamine groups is 2. The summed E-state index contributed by atoms with van der Waals surface area (Å²) in [4.78, 5) is 17.7. The third-order valence-corrected chi connectivity index (χ3v) is 5.98. The molecule has 180 valence electrons. The van der Waals surface area contributed by atoms with E-state index in [0.717, 1.165) is 23.1 Å². The Morgan fingerprint density at radius 2 is 1.71 bits per heavy atom. The van der Waals surface area contributed by atoms with E-state index in [1.165, 1.54) is 10.8 Å². The highest BCUT2D eigenvalue weighted by Crippen LogP contribution is 2.32. The van der Waals surface area contributed by atoms with Crippen LogP contribution in [0.5, 0.6) is 0 Å². The molecule has 2 atom stereocenters. The summed E-state index contributed by atoms with van der Waals surface area (Å²) >= 11 is 0. The van der Waals surface area contributed by atoms with Gasteiger partial charge in [0.1, 0.15) is 5.60 Å². The number of nitrogens with zero attached hydrogens (tertiary/aromatic N) is 1. The van der Waals surface area contributed by atoms with E-state index in [0.29, 0.717) is 19.7 Å². The van der Waals surface area contributed by atoms with Gasteiger partial charge in [-0.1, -0.05) is 60.7 Å². The molecule has 0 radical (unpaired) electrons. The highest BCUT2D eigenvalue weighted by atomic mass is 16.8. The minimum absolute atomic E-state index is 0.0182. The minimum atomic E-state index is -0.702. The van der Waals surface area contributed by atoms with Crippen LogP contribution >= 0.6 is 0 Å². The van der Waals surface area contributed by atoms with Crippen molar-refractivity contribution in [3.05, 3.63) is 83.4 Å². The highest BCUT2D eigenvalue weighted by Gasteiger charge is 2.34. The number of fused-ring (bicyclic) bond motifs is 1. The average molecular weight is 464 g/mol. The van der Waals surface area contributed by atoms with Gasteiger partial charge in [0.25, 0.3) is 0 Å². The van der Waals surface area contributed by atoms with Crippen molar-refractivity contribution in [2.24, 2.45) is 0 Å². The summed E-state index contributed by atoms with van der Waals surface area (Å²) in [6.07, 6.45) is -0.113. The molecule has 1 saturated heterocycles. The summed E-state index contributed by atoms with van der Waals surface area (Å²) in [5.74, 6) is 0.145. The first-order chi connectivity index (χ1) is 16.3. The van der Waals surface area contributed by atoms with E-state index in [9.17, 15) is 9.90 Å². The number of piperidine rings is 1. The Morgan fingerprint density at radius 1 is 1.00 bits per heavy atom. The molecular weight excluding hydrogens is 430 g/mol. The molecule has 0 bridgehead atoms. The maximum absolute atomic E-state index is 12.2. The highest BCUT2D eigenvalue weighted by molar-refractivity contribution is 5.82. The number of hydrogen-bond acceptors (Lipinski definition) is 6. The monoisotopic (exact) mass is 463 g/mol. The number of carbonyl (C=O) groups excluding carboxylic acids is 1. The zero-order chi connectivity index (χ0) is 24.1. The lowest BCUT2D eigenvalue weighted by molar-refractivity contribution is -0.179. The molecule has 0 amide bonds. The van der Waals surface area contributed by atoms with Crippen molar-refractivity contribution in [2.45, 2.75) is 58.0 Å². The summed E-state index contributed by atoms with van der Waals surface area (Å²) in [6.45, 7) is 6.94. The van der Waals surface area contributed by atoms with Gasteiger partial charge in [-0.2, -0.15) is 0 Å². The van der Waals surface area contributed by atoms with Crippen LogP contribution in [0.4, 0.5) is 4.79 Å². The van der Waals surface area contributed by atoms with Gasteiger partial charge in [-0.3, -0.25) is 0 Å². The van der Waals surface area contributed by atoms with Gasteiger partial charge in [0.2, 0.25) is 0 Å². The molecule has 1 aliphatic heterocycles. The molecule has 1 fully saturated rings. The number of hydrogen-bond donors (Lipinski definition) is 1. The molecule has 1 aliphatic rings. The quantitative estimate of drug-likeness (QED) is 0.482. The Bertz CT molecular complexity index is 1110. The first kappa shape index (κ1) is 24.2. The van der Waals surface area contributed by atoms with E-state index in [1.807, 2.05) is 57.2 Å². The van der Waals surface area contributed by atoms with E-state index in [2.05, 4.69) is 30.3 Å². The topological polar surface area (TPSA) is 68.2 Å². The van der Waals surface area contributed by atoms with Gasteiger partial charge in [0, 0.05) is 12.5 Å². The van der Waals surface area contributed by atoms with Crippen molar-refractivity contribution >= 4 is 16.9 Å². The molecular formula is C28H33NO5. The van der Waals surface area contributed by atoms with Crippen LogP contribution in [0.25, 0.3) is 10.8 Å². The standard InChI is InChI=1S/C28H33NO5/c1-28(2,3)33-27(31)34-29-15-14-25(23-12-8-20(18-30)9-13-23)26(17-29)32-19-21-10-11-22-6-4-5-7-24(22)16-21/h4-13,16,25-26,30H,14-15,17-19H2,1-3H3. The van der Waals surface area contributed by atoms with Crippen LogP contribution in [0, 0.1) is 0 Å². The molecule has 6 nitrogen and oxygen atoms in total. The fourth-order valence-corrected chi connectivity index (χ4v) is 4.30.